The van der Waals surface area contributed by atoms with E-state index in [4.69, 9.17) is 15.2 Å². The molecule has 0 heterocycles. The summed E-state index contributed by atoms with van der Waals surface area (Å²) in [6.07, 6.45) is 0.587. The number of ether oxygens (including phenoxy) is 2. The van der Waals surface area contributed by atoms with Gasteiger partial charge in [-0.1, -0.05) is 30.3 Å². The van der Waals surface area contributed by atoms with Crippen LogP contribution in [0.1, 0.15) is 17.9 Å². The first-order valence-electron chi connectivity index (χ1n) is 6.54. The van der Waals surface area contributed by atoms with Crippen LogP contribution >= 0.6 is 0 Å². The van der Waals surface area contributed by atoms with Crippen molar-refractivity contribution in [1.29, 1.82) is 0 Å². The molecule has 2 atom stereocenters. The molecule has 1 aliphatic carbocycles. The van der Waals surface area contributed by atoms with Crippen LogP contribution in [-0.2, 0) is 9.53 Å². The normalized spacial score (nSPS) is 24.4. The number of hydrogen-bond donors (Lipinski definition) is 1. The molecule has 3 rings (SSSR count). The van der Waals surface area contributed by atoms with E-state index in [9.17, 15) is 4.79 Å². The van der Waals surface area contributed by atoms with Crippen molar-refractivity contribution in [2.24, 2.45) is 5.73 Å². The van der Waals surface area contributed by atoms with E-state index < -0.39 is 5.54 Å². The lowest BCUT2D eigenvalue weighted by Gasteiger charge is -2.14. The number of esters is 1. The highest BCUT2D eigenvalue weighted by molar-refractivity contribution is 5.93. The largest absolute Gasteiger partial charge is 0.496 e. The number of carbonyl (C=O) groups is 1. The summed E-state index contributed by atoms with van der Waals surface area (Å²) in [6.45, 7) is 0. The predicted molar refractivity (Wildman–Crippen MR) is 76.8 cm³/mol. The van der Waals surface area contributed by atoms with Gasteiger partial charge in [0.2, 0.25) is 0 Å². The molecule has 0 spiro atoms. The second-order valence-electron chi connectivity index (χ2n) is 5.19. The van der Waals surface area contributed by atoms with Gasteiger partial charge in [0.25, 0.3) is 0 Å². The van der Waals surface area contributed by atoms with Crippen LogP contribution in [-0.4, -0.2) is 25.7 Å². The van der Waals surface area contributed by atoms with Crippen molar-refractivity contribution < 1.29 is 14.3 Å². The van der Waals surface area contributed by atoms with Gasteiger partial charge in [-0.3, -0.25) is 4.79 Å². The van der Waals surface area contributed by atoms with E-state index in [2.05, 4.69) is 0 Å². The first-order chi connectivity index (χ1) is 9.61. The maximum atomic E-state index is 11.8. The molecule has 2 N–H and O–H groups in total. The van der Waals surface area contributed by atoms with Crippen LogP contribution in [0.25, 0.3) is 10.8 Å². The van der Waals surface area contributed by atoms with E-state index in [1.165, 1.54) is 7.11 Å². The third kappa shape index (κ3) is 1.76. The molecule has 0 unspecified atom stereocenters. The van der Waals surface area contributed by atoms with Crippen LogP contribution in [0.2, 0.25) is 0 Å². The summed E-state index contributed by atoms with van der Waals surface area (Å²) in [4.78, 5) is 11.8. The Labute approximate surface area is 117 Å². The first kappa shape index (κ1) is 12.9. The van der Waals surface area contributed by atoms with Crippen LogP contribution in [0.3, 0.4) is 0 Å². The second kappa shape index (κ2) is 4.49. The topological polar surface area (TPSA) is 61.5 Å². The van der Waals surface area contributed by atoms with Gasteiger partial charge in [-0.05, 0) is 23.3 Å². The molecule has 0 amide bonds. The molecule has 104 valence electrons. The standard InChI is InChI=1S/C16H17NO3/c1-19-13-8-7-10-5-3-4-6-11(10)14(13)12-9-16(12,17)15(18)20-2/h3-8,12H,9,17H2,1-2H3/t12-,16-/m1/s1. The van der Waals surface area contributed by atoms with E-state index in [1.807, 2.05) is 36.4 Å². The first-order valence-corrected chi connectivity index (χ1v) is 6.54. The summed E-state index contributed by atoms with van der Waals surface area (Å²) >= 11 is 0. The lowest BCUT2D eigenvalue weighted by atomic mass is 9.97. The van der Waals surface area contributed by atoms with Crippen LogP contribution in [0.4, 0.5) is 0 Å². The Hall–Kier alpha value is -2.07. The van der Waals surface area contributed by atoms with Crippen LogP contribution in [0.5, 0.6) is 5.75 Å². The molecule has 1 aliphatic rings. The molecule has 0 saturated heterocycles. The van der Waals surface area contributed by atoms with Gasteiger partial charge in [-0.2, -0.15) is 0 Å². The molecule has 0 radical (unpaired) electrons. The zero-order valence-electron chi connectivity index (χ0n) is 11.6. The zero-order valence-corrected chi connectivity index (χ0v) is 11.6. The summed E-state index contributed by atoms with van der Waals surface area (Å²) in [6, 6.07) is 12.0. The van der Waals surface area contributed by atoms with Gasteiger partial charge in [-0.25, -0.2) is 0 Å². The van der Waals surface area contributed by atoms with Crippen LogP contribution in [0.15, 0.2) is 36.4 Å². The Morgan fingerprint density at radius 3 is 2.70 bits per heavy atom. The highest BCUT2D eigenvalue weighted by Crippen LogP contribution is 2.54. The Kier molecular flexibility index (Phi) is 2.91. The molecule has 0 aromatic heterocycles. The van der Waals surface area contributed by atoms with Gasteiger partial charge in [0.1, 0.15) is 11.3 Å². The molecule has 2 aromatic carbocycles. The third-order valence-corrected chi connectivity index (χ3v) is 4.07. The van der Waals surface area contributed by atoms with Gasteiger partial charge in [0.05, 0.1) is 14.2 Å². The van der Waals surface area contributed by atoms with Crippen molar-refractivity contribution in [2.75, 3.05) is 14.2 Å². The molecule has 2 aromatic rings. The van der Waals surface area contributed by atoms with Gasteiger partial charge in [0, 0.05) is 11.5 Å². The van der Waals surface area contributed by atoms with Crippen molar-refractivity contribution in [2.45, 2.75) is 17.9 Å². The summed E-state index contributed by atoms with van der Waals surface area (Å²) in [5.74, 6) is 0.346. The summed E-state index contributed by atoms with van der Waals surface area (Å²) < 4.78 is 10.3. The molecule has 1 saturated carbocycles. The number of carbonyl (C=O) groups excluding carboxylic acids is 1. The highest BCUT2D eigenvalue weighted by atomic mass is 16.5. The van der Waals surface area contributed by atoms with Crippen LogP contribution in [0, 0.1) is 0 Å². The third-order valence-electron chi connectivity index (χ3n) is 4.07. The molecular formula is C16H17NO3. The molecule has 1 fully saturated rings. The minimum atomic E-state index is -0.924. The fourth-order valence-electron chi connectivity index (χ4n) is 2.87. The Morgan fingerprint density at radius 2 is 2.00 bits per heavy atom. The molecule has 20 heavy (non-hydrogen) atoms. The fourth-order valence-corrected chi connectivity index (χ4v) is 2.87. The number of rotatable bonds is 3. The number of benzene rings is 2. The number of fused-ring (bicyclic) bond motifs is 1. The van der Waals surface area contributed by atoms with E-state index in [1.54, 1.807) is 7.11 Å². The summed E-state index contributed by atoms with van der Waals surface area (Å²) in [7, 11) is 3.00. The van der Waals surface area contributed by atoms with Crippen molar-refractivity contribution in [3.8, 4) is 5.75 Å². The average Bonchev–Trinajstić information content (AvgIpc) is 3.18. The van der Waals surface area contributed by atoms with Gasteiger partial charge >= 0.3 is 5.97 Å². The average molecular weight is 271 g/mol. The number of methoxy groups -OCH3 is 2. The van der Waals surface area contributed by atoms with Gasteiger partial charge < -0.3 is 15.2 Å². The van der Waals surface area contributed by atoms with Crippen molar-refractivity contribution in [3.63, 3.8) is 0 Å². The smallest absolute Gasteiger partial charge is 0.326 e. The zero-order chi connectivity index (χ0) is 14.3. The van der Waals surface area contributed by atoms with E-state index in [-0.39, 0.29) is 11.9 Å². The molecular weight excluding hydrogens is 254 g/mol. The molecule has 4 heteroatoms. The number of hydrogen-bond acceptors (Lipinski definition) is 4. The lowest BCUT2D eigenvalue weighted by molar-refractivity contribution is -0.143. The second-order valence-corrected chi connectivity index (χ2v) is 5.19. The highest BCUT2D eigenvalue weighted by Gasteiger charge is 2.60. The van der Waals surface area contributed by atoms with Crippen molar-refractivity contribution in [3.05, 3.63) is 42.0 Å². The molecule has 0 bridgehead atoms. The van der Waals surface area contributed by atoms with Crippen molar-refractivity contribution >= 4 is 16.7 Å². The fraction of sp³-hybridized carbons (Fsp3) is 0.312. The lowest BCUT2D eigenvalue weighted by Crippen LogP contribution is -2.36. The summed E-state index contributed by atoms with van der Waals surface area (Å²) in [5, 5.41) is 2.19. The van der Waals surface area contributed by atoms with E-state index in [0.717, 1.165) is 22.1 Å². The minimum Gasteiger partial charge on any atom is -0.496 e. The Bertz CT molecular complexity index is 682. The minimum absolute atomic E-state index is 0.0593. The Balaban J connectivity index is 2.14. The Morgan fingerprint density at radius 1 is 1.25 bits per heavy atom. The van der Waals surface area contributed by atoms with Gasteiger partial charge in [0.15, 0.2) is 0 Å². The monoisotopic (exact) mass is 271 g/mol. The maximum Gasteiger partial charge on any atom is 0.326 e. The quantitative estimate of drug-likeness (QED) is 0.869. The van der Waals surface area contributed by atoms with E-state index in [0.29, 0.717) is 6.42 Å². The molecule has 4 nitrogen and oxygen atoms in total. The van der Waals surface area contributed by atoms with Gasteiger partial charge in [-0.15, -0.1) is 0 Å². The molecule has 0 aliphatic heterocycles. The predicted octanol–water partition coefficient (Wildman–Crippen LogP) is 2.21. The maximum absolute atomic E-state index is 11.8. The van der Waals surface area contributed by atoms with Crippen molar-refractivity contribution in [1.82, 2.24) is 0 Å². The summed E-state index contributed by atoms with van der Waals surface area (Å²) in [5.41, 5.74) is 6.24. The van der Waals surface area contributed by atoms with Crippen LogP contribution < -0.4 is 10.5 Å². The van der Waals surface area contributed by atoms with E-state index >= 15 is 0 Å². The number of nitrogens with two attached hydrogens (primary N) is 1. The SMILES string of the molecule is COC(=O)[C@@]1(N)C[C@@H]1c1c(OC)ccc2ccccc12.